The highest BCUT2D eigenvalue weighted by atomic mass is 32.1. The minimum absolute atomic E-state index is 0.532. The van der Waals surface area contributed by atoms with Gasteiger partial charge in [-0.2, -0.15) is 0 Å². The summed E-state index contributed by atoms with van der Waals surface area (Å²) in [6, 6.07) is 0.640. The maximum atomic E-state index is 5.59. The monoisotopic (exact) mass is 251 g/mol. The van der Waals surface area contributed by atoms with Crippen LogP contribution in [0, 0.1) is 0 Å². The topological polar surface area (TPSA) is 76.7 Å². The summed E-state index contributed by atoms with van der Waals surface area (Å²) in [4.78, 5) is 0.887. The van der Waals surface area contributed by atoms with Crippen LogP contribution in [0.15, 0.2) is 4.42 Å². The first-order chi connectivity index (χ1) is 8.36. The average Bonchev–Trinajstić information content (AvgIpc) is 2.89. The summed E-state index contributed by atoms with van der Waals surface area (Å²) in [6.07, 6.45) is 3.32. The Hall–Kier alpha value is -1.34. The van der Waals surface area contributed by atoms with Crippen molar-refractivity contribution in [2.24, 2.45) is 0 Å². The molecule has 1 aliphatic rings. The van der Waals surface area contributed by atoms with E-state index in [1.165, 1.54) is 24.4 Å². The van der Waals surface area contributed by atoms with Gasteiger partial charge in [-0.05, 0) is 30.8 Å². The number of aryl methyl sites for hydroxylation is 1. The molecule has 1 aliphatic carbocycles. The van der Waals surface area contributed by atoms with Crippen LogP contribution in [0.2, 0.25) is 0 Å². The van der Waals surface area contributed by atoms with Crippen LogP contribution in [0.1, 0.15) is 31.4 Å². The van der Waals surface area contributed by atoms with Crippen molar-refractivity contribution in [3.63, 3.8) is 0 Å². The lowest BCUT2D eigenvalue weighted by Crippen LogP contribution is -2.15. The summed E-state index contributed by atoms with van der Waals surface area (Å²) >= 11 is 1.30. The van der Waals surface area contributed by atoms with Crippen LogP contribution in [0.3, 0.4) is 0 Å². The first kappa shape index (κ1) is 10.8. The normalized spacial score (nSPS) is 15.4. The summed E-state index contributed by atoms with van der Waals surface area (Å²) < 4.78 is 9.51. The van der Waals surface area contributed by atoms with Crippen molar-refractivity contribution < 1.29 is 4.42 Å². The molecule has 0 bridgehead atoms. The van der Waals surface area contributed by atoms with Crippen molar-refractivity contribution in [2.75, 3.05) is 0 Å². The van der Waals surface area contributed by atoms with E-state index < -0.39 is 0 Å². The van der Waals surface area contributed by atoms with Crippen LogP contribution in [-0.2, 0) is 13.0 Å². The molecule has 90 valence electrons. The van der Waals surface area contributed by atoms with E-state index in [2.05, 4.69) is 25.1 Å². The quantitative estimate of drug-likeness (QED) is 0.865. The van der Waals surface area contributed by atoms with Crippen LogP contribution in [-0.4, -0.2) is 25.8 Å². The zero-order valence-corrected chi connectivity index (χ0v) is 10.3. The van der Waals surface area contributed by atoms with Crippen molar-refractivity contribution in [2.45, 2.75) is 38.8 Å². The Bertz CT molecular complexity index is 504. The molecule has 0 aromatic carbocycles. The zero-order valence-electron chi connectivity index (χ0n) is 9.51. The lowest BCUT2D eigenvalue weighted by atomic mass is 10.3. The van der Waals surface area contributed by atoms with E-state index in [0.29, 0.717) is 24.4 Å². The molecule has 2 aromatic heterocycles. The Morgan fingerprint density at radius 3 is 3.00 bits per heavy atom. The largest absolute Gasteiger partial charge is 0.418 e. The van der Waals surface area contributed by atoms with E-state index in [4.69, 9.17) is 4.42 Å². The predicted molar refractivity (Wildman–Crippen MR) is 62.4 cm³/mol. The molecule has 1 N–H and O–H groups in total. The Labute approximate surface area is 103 Å². The van der Waals surface area contributed by atoms with Gasteiger partial charge in [0.05, 0.1) is 12.2 Å². The fourth-order valence-corrected chi connectivity index (χ4v) is 2.21. The summed E-state index contributed by atoms with van der Waals surface area (Å²) in [6.45, 7) is 2.68. The summed E-state index contributed by atoms with van der Waals surface area (Å²) in [5.41, 5.74) is 0.917. The summed E-state index contributed by atoms with van der Waals surface area (Å²) in [5.74, 6) is 1.16. The number of nitrogens with zero attached hydrogens (tertiary/aromatic N) is 4. The molecule has 0 amide bonds. The zero-order chi connectivity index (χ0) is 11.7. The molecule has 6 nitrogen and oxygen atoms in total. The SMILES string of the molecule is CCc1nnsc1-c1nnc(CNC2CC2)o1. The van der Waals surface area contributed by atoms with Crippen LogP contribution >= 0.6 is 11.5 Å². The third-order valence-electron chi connectivity index (χ3n) is 2.67. The number of rotatable bonds is 5. The van der Waals surface area contributed by atoms with Gasteiger partial charge in [0, 0.05) is 6.04 Å². The van der Waals surface area contributed by atoms with E-state index in [9.17, 15) is 0 Å². The fraction of sp³-hybridized carbons (Fsp3) is 0.600. The van der Waals surface area contributed by atoms with E-state index in [0.717, 1.165) is 17.0 Å². The van der Waals surface area contributed by atoms with Gasteiger partial charge in [-0.25, -0.2) is 0 Å². The molecule has 2 heterocycles. The van der Waals surface area contributed by atoms with Gasteiger partial charge in [0.25, 0.3) is 5.89 Å². The highest BCUT2D eigenvalue weighted by molar-refractivity contribution is 7.09. The molecule has 0 atom stereocenters. The lowest BCUT2D eigenvalue weighted by Gasteiger charge is -1.95. The second kappa shape index (κ2) is 4.50. The molecule has 0 aliphatic heterocycles. The van der Waals surface area contributed by atoms with Crippen LogP contribution in [0.5, 0.6) is 0 Å². The predicted octanol–water partition coefficient (Wildman–Crippen LogP) is 1.40. The highest BCUT2D eigenvalue weighted by Gasteiger charge is 2.22. The molecule has 7 heteroatoms. The van der Waals surface area contributed by atoms with Crippen molar-refractivity contribution in [1.29, 1.82) is 0 Å². The molecular weight excluding hydrogens is 238 g/mol. The fourth-order valence-electron chi connectivity index (χ4n) is 1.54. The second-order valence-electron chi connectivity index (χ2n) is 4.06. The lowest BCUT2D eigenvalue weighted by molar-refractivity contribution is 0.477. The third-order valence-corrected chi connectivity index (χ3v) is 3.43. The molecule has 0 unspecified atom stereocenters. The second-order valence-corrected chi connectivity index (χ2v) is 4.81. The van der Waals surface area contributed by atoms with Crippen LogP contribution in [0.4, 0.5) is 0 Å². The van der Waals surface area contributed by atoms with Crippen LogP contribution in [0.25, 0.3) is 10.8 Å². The van der Waals surface area contributed by atoms with Crippen molar-refractivity contribution in [1.82, 2.24) is 25.1 Å². The number of aromatic nitrogens is 4. The number of nitrogens with one attached hydrogen (secondary N) is 1. The Morgan fingerprint density at radius 1 is 1.35 bits per heavy atom. The van der Waals surface area contributed by atoms with E-state index in [-0.39, 0.29) is 0 Å². The van der Waals surface area contributed by atoms with Gasteiger partial charge >= 0.3 is 0 Å². The molecule has 17 heavy (non-hydrogen) atoms. The maximum Gasteiger partial charge on any atom is 0.261 e. The smallest absolute Gasteiger partial charge is 0.261 e. The highest BCUT2D eigenvalue weighted by Crippen LogP contribution is 2.25. The molecule has 1 saturated carbocycles. The standard InChI is InChI=1S/C10H13N5OS/c1-2-7-9(17-15-12-7)10-14-13-8(16-10)5-11-6-3-4-6/h6,11H,2-5H2,1H3. The average molecular weight is 251 g/mol. The van der Waals surface area contributed by atoms with Gasteiger partial charge in [0.2, 0.25) is 5.89 Å². The molecule has 1 fully saturated rings. The Balaban J connectivity index is 1.74. The van der Waals surface area contributed by atoms with Gasteiger partial charge in [-0.1, -0.05) is 11.4 Å². The number of hydrogen-bond donors (Lipinski definition) is 1. The number of hydrogen-bond acceptors (Lipinski definition) is 7. The molecule has 0 saturated heterocycles. The van der Waals surface area contributed by atoms with Gasteiger partial charge < -0.3 is 9.73 Å². The minimum atomic E-state index is 0.532. The Kier molecular flexibility index (Phi) is 2.86. The van der Waals surface area contributed by atoms with E-state index in [1.807, 2.05) is 6.92 Å². The van der Waals surface area contributed by atoms with E-state index in [1.54, 1.807) is 0 Å². The van der Waals surface area contributed by atoms with Gasteiger partial charge in [-0.15, -0.1) is 15.3 Å². The van der Waals surface area contributed by atoms with Gasteiger partial charge in [-0.3, -0.25) is 0 Å². The third kappa shape index (κ3) is 2.34. The molecular formula is C10H13N5OS. The van der Waals surface area contributed by atoms with Crippen molar-refractivity contribution in [3.05, 3.63) is 11.6 Å². The van der Waals surface area contributed by atoms with Gasteiger partial charge in [0.15, 0.2) is 0 Å². The summed E-state index contributed by atoms with van der Waals surface area (Å²) in [7, 11) is 0. The maximum absolute atomic E-state index is 5.59. The molecule has 0 radical (unpaired) electrons. The first-order valence-corrected chi connectivity index (χ1v) is 6.51. The van der Waals surface area contributed by atoms with Crippen molar-refractivity contribution >= 4 is 11.5 Å². The summed E-state index contributed by atoms with van der Waals surface area (Å²) in [5, 5.41) is 15.4. The van der Waals surface area contributed by atoms with Crippen LogP contribution < -0.4 is 5.32 Å². The molecule has 3 rings (SSSR count). The molecule has 0 spiro atoms. The Morgan fingerprint density at radius 2 is 2.24 bits per heavy atom. The van der Waals surface area contributed by atoms with Gasteiger partial charge in [0.1, 0.15) is 4.88 Å². The first-order valence-electron chi connectivity index (χ1n) is 5.74. The molecule has 2 aromatic rings. The minimum Gasteiger partial charge on any atom is -0.418 e. The van der Waals surface area contributed by atoms with E-state index >= 15 is 0 Å². The van der Waals surface area contributed by atoms with Crippen molar-refractivity contribution in [3.8, 4) is 10.8 Å².